The summed E-state index contributed by atoms with van der Waals surface area (Å²) in [5, 5.41) is 8.71. The Kier molecular flexibility index (Phi) is 5.20. The van der Waals surface area contributed by atoms with E-state index in [1.165, 1.54) is 0 Å². The summed E-state index contributed by atoms with van der Waals surface area (Å²) in [5.41, 5.74) is 0.662. The predicted octanol–water partition coefficient (Wildman–Crippen LogP) is 2.05. The molecule has 1 aliphatic heterocycles. The molecule has 19 heavy (non-hydrogen) atoms. The molecule has 1 atom stereocenters. The van der Waals surface area contributed by atoms with Crippen LogP contribution < -0.4 is 4.74 Å². The van der Waals surface area contributed by atoms with Crippen LogP contribution in [-0.2, 0) is 4.74 Å². The summed E-state index contributed by atoms with van der Waals surface area (Å²) >= 11 is 0. The second-order valence-electron chi connectivity index (χ2n) is 4.80. The Hall–Kier alpha value is -1.57. The van der Waals surface area contributed by atoms with Crippen LogP contribution in [-0.4, -0.2) is 43.9 Å². The Labute approximate surface area is 114 Å². The first-order chi connectivity index (χ1) is 9.29. The summed E-state index contributed by atoms with van der Waals surface area (Å²) in [6.07, 6.45) is 1.00. The molecule has 2 rings (SSSR count). The highest BCUT2D eigenvalue weighted by Gasteiger charge is 2.17. The van der Waals surface area contributed by atoms with Crippen molar-refractivity contribution in [3.05, 3.63) is 29.8 Å². The van der Waals surface area contributed by atoms with E-state index in [4.69, 9.17) is 14.7 Å². The van der Waals surface area contributed by atoms with Gasteiger partial charge in [-0.3, -0.25) is 4.90 Å². The zero-order chi connectivity index (χ0) is 13.5. The molecular formula is C15H20N2O2. The Morgan fingerprint density at radius 3 is 2.89 bits per heavy atom. The lowest BCUT2D eigenvalue weighted by atomic mass is 10.2. The zero-order valence-corrected chi connectivity index (χ0v) is 11.3. The van der Waals surface area contributed by atoms with Crippen molar-refractivity contribution in [1.29, 1.82) is 5.26 Å². The molecule has 102 valence electrons. The highest BCUT2D eigenvalue weighted by atomic mass is 16.5. The Balaban J connectivity index is 1.67. The second-order valence-corrected chi connectivity index (χ2v) is 4.80. The van der Waals surface area contributed by atoms with Gasteiger partial charge in [-0.1, -0.05) is 0 Å². The van der Waals surface area contributed by atoms with E-state index in [2.05, 4.69) is 17.9 Å². The quantitative estimate of drug-likeness (QED) is 0.760. The average Bonchev–Trinajstić information content (AvgIpc) is 2.46. The summed E-state index contributed by atoms with van der Waals surface area (Å²) < 4.78 is 11.1. The van der Waals surface area contributed by atoms with Gasteiger partial charge in [0.25, 0.3) is 0 Å². The Bertz CT molecular complexity index is 425. The third-order valence-electron chi connectivity index (χ3n) is 3.35. The minimum atomic E-state index is 0.503. The van der Waals surface area contributed by atoms with Crippen molar-refractivity contribution in [2.75, 3.05) is 32.9 Å². The maximum Gasteiger partial charge on any atom is 0.119 e. The van der Waals surface area contributed by atoms with Gasteiger partial charge in [-0.25, -0.2) is 0 Å². The van der Waals surface area contributed by atoms with Gasteiger partial charge in [0, 0.05) is 19.1 Å². The largest absolute Gasteiger partial charge is 0.494 e. The maximum absolute atomic E-state index is 8.71. The first kappa shape index (κ1) is 13.9. The lowest BCUT2D eigenvalue weighted by molar-refractivity contribution is -0.00200. The summed E-state index contributed by atoms with van der Waals surface area (Å²) in [5.74, 6) is 0.828. The van der Waals surface area contributed by atoms with Gasteiger partial charge >= 0.3 is 0 Å². The SMILES string of the molecule is C[C@@H]1COCCN1CCCOc1ccc(C#N)cc1. The van der Waals surface area contributed by atoms with Crippen molar-refractivity contribution in [2.45, 2.75) is 19.4 Å². The number of morpholine rings is 1. The molecule has 0 N–H and O–H groups in total. The molecule has 0 unspecified atom stereocenters. The summed E-state index contributed by atoms with van der Waals surface area (Å²) in [6.45, 7) is 6.62. The number of benzene rings is 1. The van der Waals surface area contributed by atoms with Crippen molar-refractivity contribution >= 4 is 0 Å². The zero-order valence-electron chi connectivity index (χ0n) is 11.3. The third-order valence-corrected chi connectivity index (χ3v) is 3.35. The molecule has 4 heteroatoms. The van der Waals surface area contributed by atoms with Gasteiger partial charge in [0.05, 0.1) is 31.5 Å². The highest BCUT2D eigenvalue weighted by molar-refractivity contribution is 5.34. The number of hydrogen-bond donors (Lipinski definition) is 0. The number of rotatable bonds is 5. The molecule has 0 spiro atoms. The molecule has 1 aromatic rings. The van der Waals surface area contributed by atoms with Gasteiger partial charge in [-0.15, -0.1) is 0 Å². The average molecular weight is 260 g/mol. The van der Waals surface area contributed by atoms with Crippen LogP contribution in [0.25, 0.3) is 0 Å². The second kappa shape index (κ2) is 7.13. The van der Waals surface area contributed by atoms with Crippen molar-refractivity contribution < 1.29 is 9.47 Å². The minimum Gasteiger partial charge on any atom is -0.494 e. The number of nitrogens with zero attached hydrogens (tertiary/aromatic N) is 2. The van der Waals surface area contributed by atoms with Crippen LogP contribution in [0.1, 0.15) is 18.9 Å². The van der Waals surface area contributed by atoms with Crippen LogP contribution in [0, 0.1) is 11.3 Å². The lowest BCUT2D eigenvalue weighted by Gasteiger charge is -2.33. The Morgan fingerprint density at radius 2 is 2.21 bits per heavy atom. The standard InChI is InChI=1S/C15H20N2O2/c1-13-12-18-10-8-17(13)7-2-9-19-15-5-3-14(11-16)4-6-15/h3-6,13H,2,7-10,12H2,1H3/t13-/m1/s1. The molecule has 1 heterocycles. The number of hydrogen-bond acceptors (Lipinski definition) is 4. The van der Waals surface area contributed by atoms with Gasteiger partial charge in [-0.2, -0.15) is 5.26 Å². The molecule has 0 bridgehead atoms. The molecule has 0 aromatic heterocycles. The molecule has 0 saturated carbocycles. The van der Waals surface area contributed by atoms with Crippen LogP contribution in [0.15, 0.2) is 24.3 Å². The van der Waals surface area contributed by atoms with E-state index in [1.54, 1.807) is 12.1 Å². The van der Waals surface area contributed by atoms with Crippen LogP contribution in [0.2, 0.25) is 0 Å². The van der Waals surface area contributed by atoms with Gasteiger partial charge < -0.3 is 9.47 Å². The number of nitriles is 1. The van der Waals surface area contributed by atoms with Gasteiger partial charge in [-0.05, 0) is 37.6 Å². The van der Waals surface area contributed by atoms with E-state index in [1.807, 2.05) is 12.1 Å². The minimum absolute atomic E-state index is 0.503. The predicted molar refractivity (Wildman–Crippen MR) is 73.1 cm³/mol. The molecule has 1 fully saturated rings. The van der Waals surface area contributed by atoms with Crippen LogP contribution in [0.4, 0.5) is 0 Å². The van der Waals surface area contributed by atoms with E-state index in [0.29, 0.717) is 18.2 Å². The van der Waals surface area contributed by atoms with Crippen molar-refractivity contribution in [3.63, 3.8) is 0 Å². The van der Waals surface area contributed by atoms with Crippen LogP contribution >= 0.6 is 0 Å². The molecule has 0 aliphatic carbocycles. The molecular weight excluding hydrogens is 240 g/mol. The summed E-state index contributed by atoms with van der Waals surface area (Å²) in [6, 6.07) is 9.84. The van der Waals surface area contributed by atoms with Crippen molar-refractivity contribution in [3.8, 4) is 11.8 Å². The lowest BCUT2D eigenvalue weighted by Crippen LogP contribution is -2.44. The maximum atomic E-state index is 8.71. The highest BCUT2D eigenvalue weighted by Crippen LogP contribution is 2.12. The van der Waals surface area contributed by atoms with E-state index < -0.39 is 0 Å². The molecule has 0 amide bonds. The molecule has 1 saturated heterocycles. The molecule has 1 aromatic carbocycles. The van der Waals surface area contributed by atoms with E-state index in [9.17, 15) is 0 Å². The third kappa shape index (κ3) is 4.23. The summed E-state index contributed by atoms with van der Waals surface area (Å²) in [7, 11) is 0. The van der Waals surface area contributed by atoms with Crippen molar-refractivity contribution in [2.24, 2.45) is 0 Å². The van der Waals surface area contributed by atoms with E-state index in [0.717, 1.165) is 38.5 Å². The first-order valence-corrected chi connectivity index (χ1v) is 6.74. The van der Waals surface area contributed by atoms with Gasteiger partial charge in [0.1, 0.15) is 5.75 Å². The van der Waals surface area contributed by atoms with E-state index >= 15 is 0 Å². The fourth-order valence-corrected chi connectivity index (χ4v) is 2.18. The molecule has 1 aliphatic rings. The fourth-order valence-electron chi connectivity index (χ4n) is 2.18. The van der Waals surface area contributed by atoms with Gasteiger partial charge in [0.15, 0.2) is 0 Å². The monoisotopic (exact) mass is 260 g/mol. The fraction of sp³-hybridized carbons (Fsp3) is 0.533. The number of ether oxygens (including phenoxy) is 2. The first-order valence-electron chi connectivity index (χ1n) is 6.74. The summed E-state index contributed by atoms with van der Waals surface area (Å²) in [4.78, 5) is 2.44. The van der Waals surface area contributed by atoms with E-state index in [-0.39, 0.29) is 0 Å². The van der Waals surface area contributed by atoms with Crippen molar-refractivity contribution in [1.82, 2.24) is 4.90 Å². The normalized spacial score (nSPS) is 19.9. The van der Waals surface area contributed by atoms with Crippen LogP contribution in [0.3, 0.4) is 0 Å². The Morgan fingerprint density at radius 1 is 1.42 bits per heavy atom. The topological polar surface area (TPSA) is 45.5 Å². The smallest absolute Gasteiger partial charge is 0.119 e. The molecule has 0 radical (unpaired) electrons. The van der Waals surface area contributed by atoms with Crippen LogP contribution in [0.5, 0.6) is 5.75 Å². The molecule has 4 nitrogen and oxygen atoms in total. The van der Waals surface area contributed by atoms with Gasteiger partial charge in [0.2, 0.25) is 0 Å².